The Balaban J connectivity index is 1.76. The summed E-state index contributed by atoms with van der Waals surface area (Å²) in [7, 11) is 0. The molecule has 1 aliphatic carbocycles. The van der Waals surface area contributed by atoms with Crippen LogP contribution in [0.15, 0.2) is 42.5 Å². The molecule has 2 aromatic carbocycles. The van der Waals surface area contributed by atoms with E-state index in [4.69, 9.17) is 17.3 Å². The summed E-state index contributed by atoms with van der Waals surface area (Å²) >= 11 is 5.81. The minimum atomic E-state index is -0.235. The molecule has 2 nitrogen and oxygen atoms in total. The van der Waals surface area contributed by atoms with Crippen molar-refractivity contribution >= 4 is 17.3 Å². The molecule has 1 aliphatic rings. The number of nitrogen functional groups attached to an aromatic ring is 1. The summed E-state index contributed by atoms with van der Waals surface area (Å²) in [6.45, 7) is 1.39. The lowest BCUT2D eigenvalue weighted by molar-refractivity contribution is 0.242. The van der Waals surface area contributed by atoms with Gasteiger partial charge < -0.3 is 5.73 Å². The highest BCUT2D eigenvalue weighted by Gasteiger charge is 2.29. The molecule has 0 saturated heterocycles. The fourth-order valence-corrected chi connectivity index (χ4v) is 2.71. The van der Waals surface area contributed by atoms with Crippen LogP contribution in [0.3, 0.4) is 0 Å². The molecule has 0 radical (unpaired) electrons. The van der Waals surface area contributed by atoms with Crippen LogP contribution in [-0.4, -0.2) is 10.9 Å². The number of benzene rings is 2. The minimum absolute atomic E-state index is 0.235. The molecule has 1 fully saturated rings. The zero-order valence-electron chi connectivity index (χ0n) is 11.7. The number of rotatable bonds is 5. The van der Waals surface area contributed by atoms with Gasteiger partial charge in [-0.15, -0.1) is 0 Å². The SMILES string of the molecule is Nc1cccc(CN(Cc2ccc(Cl)cc2F)C2CC2)c1. The average Bonchev–Trinajstić information content (AvgIpc) is 3.25. The summed E-state index contributed by atoms with van der Waals surface area (Å²) in [5.74, 6) is -0.235. The van der Waals surface area contributed by atoms with Gasteiger partial charge in [0.15, 0.2) is 0 Å². The lowest BCUT2D eigenvalue weighted by Gasteiger charge is -2.22. The van der Waals surface area contributed by atoms with Gasteiger partial charge in [0.1, 0.15) is 5.82 Å². The molecule has 0 spiro atoms. The molecule has 0 aliphatic heterocycles. The Morgan fingerprint density at radius 2 is 1.95 bits per heavy atom. The third-order valence-corrected chi connectivity index (χ3v) is 4.02. The smallest absolute Gasteiger partial charge is 0.129 e. The molecule has 0 aromatic heterocycles. The molecule has 4 heteroatoms. The topological polar surface area (TPSA) is 29.3 Å². The second-order valence-electron chi connectivity index (χ2n) is 5.62. The highest BCUT2D eigenvalue weighted by molar-refractivity contribution is 6.30. The zero-order chi connectivity index (χ0) is 14.8. The summed E-state index contributed by atoms with van der Waals surface area (Å²) in [6, 6.07) is 13.3. The van der Waals surface area contributed by atoms with E-state index < -0.39 is 0 Å². The maximum atomic E-state index is 14.0. The Morgan fingerprint density at radius 3 is 2.62 bits per heavy atom. The van der Waals surface area contributed by atoms with Gasteiger partial charge in [-0.2, -0.15) is 0 Å². The van der Waals surface area contributed by atoms with Crippen LogP contribution in [0.2, 0.25) is 5.02 Å². The van der Waals surface area contributed by atoms with Crippen LogP contribution in [0, 0.1) is 5.82 Å². The molecule has 2 N–H and O–H groups in total. The minimum Gasteiger partial charge on any atom is -0.399 e. The van der Waals surface area contributed by atoms with Gasteiger partial charge in [-0.25, -0.2) is 4.39 Å². The van der Waals surface area contributed by atoms with Crippen molar-refractivity contribution in [1.82, 2.24) is 4.90 Å². The molecule has 0 bridgehead atoms. The number of nitrogens with two attached hydrogens (primary N) is 1. The first-order valence-electron chi connectivity index (χ1n) is 7.14. The summed E-state index contributed by atoms with van der Waals surface area (Å²) < 4.78 is 14.0. The standard InChI is InChI=1S/C17H18ClFN2/c18-14-5-4-13(17(19)9-14)11-21(16-6-7-16)10-12-2-1-3-15(20)8-12/h1-5,8-9,16H,6-7,10-11,20H2. The van der Waals surface area contributed by atoms with E-state index in [0.29, 0.717) is 23.2 Å². The van der Waals surface area contributed by atoms with Crippen molar-refractivity contribution < 1.29 is 4.39 Å². The summed E-state index contributed by atoms with van der Waals surface area (Å²) in [4.78, 5) is 2.31. The fraction of sp³-hybridized carbons (Fsp3) is 0.294. The summed E-state index contributed by atoms with van der Waals surface area (Å²) in [5, 5.41) is 0.435. The fourth-order valence-electron chi connectivity index (χ4n) is 2.55. The molecule has 21 heavy (non-hydrogen) atoms. The Bertz CT molecular complexity index is 640. The Morgan fingerprint density at radius 1 is 1.14 bits per heavy atom. The largest absolute Gasteiger partial charge is 0.399 e. The average molecular weight is 305 g/mol. The molecular weight excluding hydrogens is 287 g/mol. The number of halogens is 2. The van der Waals surface area contributed by atoms with Crippen LogP contribution < -0.4 is 5.73 Å². The van der Waals surface area contributed by atoms with Gasteiger partial charge in [0.05, 0.1) is 0 Å². The normalized spacial score (nSPS) is 14.6. The van der Waals surface area contributed by atoms with Gasteiger partial charge >= 0.3 is 0 Å². The van der Waals surface area contributed by atoms with Gasteiger partial charge in [-0.05, 0) is 42.7 Å². The van der Waals surface area contributed by atoms with E-state index >= 15 is 0 Å². The highest BCUT2D eigenvalue weighted by atomic mass is 35.5. The Hall–Kier alpha value is -1.58. The summed E-state index contributed by atoms with van der Waals surface area (Å²) in [6.07, 6.45) is 2.36. The molecular formula is C17H18ClFN2. The number of hydrogen-bond donors (Lipinski definition) is 1. The summed E-state index contributed by atoms with van der Waals surface area (Å²) in [5.41, 5.74) is 8.44. The first-order chi connectivity index (χ1) is 10.1. The van der Waals surface area contributed by atoms with E-state index in [1.54, 1.807) is 12.1 Å². The van der Waals surface area contributed by atoms with Crippen molar-refractivity contribution in [2.24, 2.45) is 0 Å². The second-order valence-corrected chi connectivity index (χ2v) is 6.05. The van der Waals surface area contributed by atoms with E-state index in [1.165, 1.54) is 18.9 Å². The molecule has 0 amide bonds. The predicted octanol–water partition coefficient (Wildman–Crippen LogP) is 4.23. The molecule has 1 saturated carbocycles. The number of hydrogen-bond acceptors (Lipinski definition) is 2. The lowest BCUT2D eigenvalue weighted by atomic mass is 10.1. The molecule has 0 atom stereocenters. The molecule has 3 rings (SSSR count). The van der Waals surface area contributed by atoms with Gasteiger partial charge in [-0.1, -0.05) is 29.8 Å². The highest BCUT2D eigenvalue weighted by Crippen LogP contribution is 2.30. The van der Waals surface area contributed by atoms with Crippen LogP contribution in [0.5, 0.6) is 0 Å². The van der Waals surface area contributed by atoms with Crippen molar-refractivity contribution in [3.63, 3.8) is 0 Å². The zero-order valence-corrected chi connectivity index (χ0v) is 12.5. The van der Waals surface area contributed by atoms with Crippen molar-refractivity contribution in [3.05, 3.63) is 64.4 Å². The van der Waals surface area contributed by atoms with E-state index in [1.807, 2.05) is 18.2 Å². The maximum absolute atomic E-state index is 14.0. The second kappa shape index (κ2) is 6.04. The van der Waals surface area contributed by atoms with Gasteiger partial charge in [-0.3, -0.25) is 4.90 Å². The van der Waals surface area contributed by atoms with E-state index in [2.05, 4.69) is 11.0 Å². The first-order valence-corrected chi connectivity index (χ1v) is 7.52. The van der Waals surface area contributed by atoms with Gasteiger partial charge in [0, 0.05) is 35.4 Å². The predicted molar refractivity (Wildman–Crippen MR) is 84.5 cm³/mol. The third kappa shape index (κ3) is 3.74. The molecule has 110 valence electrons. The first kappa shape index (κ1) is 14.4. The van der Waals surface area contributed by atoms with Crippen molar-refractivity contribution in [2.45, 2.75) is 32.0 Å². The molecule has 2 aromatic rings. The van der Waals surface area contributed by atoms with Crippen molar-refractivity contribution in [3.8, 4) is 0 Å². The van der Waals surface area contributed by atoms with Gasteiger partial charge in [0.25, 0.3) is 0 Å². The quantitative estimate of drug-likeness (QED) is 0.838. The van der Waals surface area contributed by atoms with Crippen LogP contribution in [0.4, 0.5) is 10.1 Å². The third-order valence-electron chi connectivity index (χ3n) is 3.79. The van der Waals surface area contributed by atoms with Crippen LogP contribution in [0.25, 0.3) is 0 Å². The van der Waals surface area contributed by atoms with Gasteiger partial charge in [0.2, 0.25) is 0 Å². The van der Waals surface area contributed by atoms with Crippen molar-refractivity contribution in [1.29, 1.82) is 0 Å². The maximum Gasteiger partial charge on any atom is 0.129 e. The Labute approximate surface area is 129 Å². The monoisotopic (exact) mass is 304 g/mol. The van der Waals surface area contributed by atoms with Crippen LogP contribution >= 0.6 is 11.6 Å². The van der Waals surface area contributed by atoms with E-state index in [-0.39, 0.29) is 5.82 Å². The Kier molecular flexibility index (Phi) is 4.13. The van der Waals surface area contributed by atoms with E-state index in [0.717, 1.165) is 17.8 Å². The van der Waals surface area contributed by atoms with Crippen LogP contribution in [0.1, 0.15) is 24.0 Å². The number of anilines is 1. The van der Waals surface area contributed by atoms with Crippen molar-refractivity contribution in [2.75, 3.05) is 5.73 Å². The van der Waals surface area contributed by atoms with E-state index in [9.17, 15) is 4.39 Å². The molecule has 0 heterocycles. The lowest BCUT2D eigenvalue weighted by Crippen LogP contribution is -2.25. The number of nitrogens with zero attached hydrogens (tertiary/aromatic N) is 1. The molecule has 0 unspecified atom stereocenters. The van der Waals surface area contributed by atoms with Crippen LogP contribution in [-0.2, 0) is 13.1 Å².